The van der Waals surface area contributed by atoms with Crippen LogP contribution in [-0.4, -0.2) is 11.1 Å². The van der Waals surface area contributed by atoms with E-state index in [-0.39, 0.29) is 5.91 Å². The van der Waals surface area contributed by atoms with Crippen molar-refractivity contribution in [2.75, 3.05) is 5.32 Å². The molecule has 1 aromatic heterocycles. The number of carbonyl (C=O) groups is 1. The highest BCUT2D eigenvalue weighted by molar-refractivity contribution is 14.1. The van der Waals surface area contributed by atoms with Crippen LogP contribution in [0.3, 0.4) is 0 Å². The van der Waals surface area contributed by atoms with E-state index in [1.54, 1.807) is 12.1 Å². The summed E-state index contributed by atoms with van der Waals surface area (Å²) in [5, 5.41) is 6.23. The molecule has 15 heavy (non-hydrogen) atoms. The monoisotopic (exact) mass is 314 g/mol. The fraction of sp³-hybridized carbons (Fsp3) is 0. The van der Waals surface area contributed by atoms with Crippen molar-refractivity contribution in [1.29, 1.82) is 0 Å². The highest BCUT2D eigenvalue weighted by atomic mass is 127. The first-order valence-electron chi connectivity index (χ1n) is 4.23. The number of halogens is 1. The maximum atomic E-state index is 11.7. The second kappa shape index (κ2) is 4.43. The number of carbonyl (C=O) groups excluding carboxylic acids is 1. The molecule has 2 aromatic rings. The summed E-state index contributed by atoms with van der Waals surface area (Å²) < 4.78 is 5.51. The highest BCUT2D eigenvalue weighted by Crippen LogP contribution is 2.13. The van der Waals surface area contributed by atoms with Gasteiger partial charge in [0, 0.05) is 9.64 Å². The molecule has 0 bridgehead atoms. The number of amides is 1. The number of benzene rings is 1. The van der Waals surface area contributed by atoms with Gasteiger partial charge in [0.2, 0.25) is 0 Å². The Kier molecular flexibility index (Phi) is 3.00. The van der Waals surface area contributed by atoms with Crippen molar-refractivity contribution in [3.8, 4) is 0 Å². The van der Waals surface area contributed by atoms with Gasteiger partial charge in [-0.25, -0.2) is 0 Å². The molecule has 0 atom stereocenters. The molecule has 5 heteroatoms. The van der Waals surface area contributed by atoms with Crippen molar-refractivity contribution in [3.05, 3.63) is 45.7 Å². The minimum atomic E-state index is -0.186. The van der Waals surface area contributed by atoms with Gasteiger partial charge in [0.05, 0.1) is 5.56 Å². The summed E-state index contributed by atoms with van der Waals surface area (Å²) in [5.74, 6) is 0.230. The Balaban J connectivity index is 2.19. The van der Waals surface area contributed by atoms with E-state index in [4.69, 9.17) is 0 Å². The Labute approximate surface area is 99.8 Å². The molecule has 0 aliphatic rings. The molecule has 0 spiro atoms. The van der Waals surface area contributed by atoms with Gasteiger partial charge in [-0.1, -0.05) is 17.3 Å². The summed E-state index contributed by atoms with van der Waals surface area (Å²) in [6.07, 6.45) is 1.41. The second-order valence-electron chi connectivity index (χ2n) is 2.82. The summed E-state index contributed by atoms with van der Waals surface area (Å²) in [7, 11) is 0. The van der Waals surface area contributed by atoms with Crippen LogP contribution >= 0.6 is 22.6 Å². The summed E-state index contributed by atoms with van der Waals surface area (Å²) in [4.78, 5) is 11.7. The Morgan fingerprint density at radius 2 is 2.13 bits per heavy atom. The summed E-state index contributed by atoms with van der Waals surface area (Å²) >= 11 is 2.11. The zero-order chi connectivity index (χ0) is 10.7. The van der Waals surface area contributed by atoms with Crippen molar-refractivity contribution in [2.24, 2.45) is 0 Å². The molecular formula is C10H7IN2O2. The van der Waals surface area contributed by atoms with Crippen molar-refractivity contribution in [1.82, 2.24) is 5.16 Å². The molecule has 0 fully saturated rings. The fourth-order valence-corrected chi connectivity index (χ4v) is 1.74. The van der Waals surface area contributed by atoms with Gasteiger partial charge in [-0.2, -0.15) is 0 Å². The van der Waals surface area contributed by atoms with Gasteiger partial charge >= 0.3 is 0 Å². The SMILES string of the molecule is O=C(Nc1ccon1)c1ccccc1I. The first-order chi connectivity index (χ1) is 7.27. The molecule has 0 aliphatic carbocycles. The van der Waals surface area contributed by atoms with E-state index in [1.165, 1.54) is 6.26 Å². The van der Waals surface area contributed by atoms with E-state index in [1.807, 2.05) is 18.2 Å². The largest absolute Gasteiger partial charge is 0.363 e. The van der Waals surface area contributed by atoms with Crippen LogP contribution < -0.4 is 5.32 Å². The normalized spacial score (nSPS) is 9.93. The van der Waals surface area contributed by atoms with E-state index in [0.717, 1.165) is 3.57 Å². The molecule has 0 radical (unpaired) electrons. The third-order valence-corrected chi connectivity index (χ3v) is 2.74. The van der Waals surface area contributed by atoms with E-state index in [0.29, 0.717) is 11.4 Å². The lowest BCUT2D eigenvalue weighted by atomic mass is 10.2. The zero-order valence-electron chi connectivity index (χ0n) is 7.61. The Morgan fingerprint density at radius 3 is 2.80 bits per heavy atom. The van der Waals surface area contributed by atoms with Gasteiger partial charge in [0.1, 0.15) is 6.26 Å². The number of nitrogens with zero attached hydrogens (tertiary/aromatic N) is 1. The molecule has 0 saturated carbocycles. The number of anilines is 1. The topological polar surface area (TPSA) is 55.1 Å². The Hall–Kier alpha value is -1.37. The predicted octanol–water partition coefficient (Wildman–Crippen LogP) is 2.53. The van der Waals surface area contributed by atoms with E-state index in [2.05, 4.69) is 37.6 Å². The molecule has 76 valence electrons. The van der Waals surface area contributed by atoms with Crippen molar-refractivity contribution in [2.45, 2.75) is 0 Å². The number of nitrogens with one attached hydrogen (secondary N) is 1. The van der Waals surface area contributed by atoms with Crippen LogP contribution in [0.25, 0.3) is 0 Å². The van der Waals surface area contributed by atoms with Gasteiger partial charge in [0.25, 0.3) is 5.91 Å². The summed E-state index contributed by atoms with van der Waals surface area (Å²) in [6.45, 7) is 0. The van der Waals surface area contributed by atoms with E-state index < -0.39 is 0 Å². The molecule has 2 rings (SSSR count). The third-order valence-electron chi connectivity index (χ3n) is 1.80. The maximum absolute atomic E-state index is 11.7. The van der Waals surface area contributed by atoms with Gasteiger partial charge in [-0.05, 0) is 34.7 Å². The summed E-state index contributed by atoms with van der Waals surface area (Å²) in [5.41, 5.74) is 0.626. The Bertz CT molecular complexity index is 468. The lowest BCUT2D eigenvalue weighted by Gasteiger charge is -2.02. The molecular weight excluding hydrogens is 307 g/mol. The van der Waals surface area contributed by atoms with E-state index in [9.17, 15) is 4.79 Å². The van der Waals surface area contributed by atoms with Crippen LogP contribution in [0.4, 0.5) is 5.82 Å². The number of rotatable bonds is 2. The number of hydrogen-bond acceptors (Lipinski definition) is 3. The molecule has 4 nitrogen and oxygen atoms in total. The van der Waals surface area contributed by atoms with Crippen molar-refractivity contribution < 1.29 is 9.32 Å². The quantitative estimate of drug-likeness (QED) is 0.867. The fourth-order valence-electron chi connectivity index (χ4n) is 1.11. The Morgan fingerprint density at radius 1 is 1.33 bits per heavy atom. The average Bonchev–Trinajstić information content (AvgIpc) is 2.71. The van der Waals surface area contributed by atoms with Crippen LogP contribution in [0.15, 0.2) is 41.1 Å². The zero-order valence-corrected chi connectivity index (χ0v) is 9.76. The van der Waals surface area contributed by atoms with Gasteiger partial charge in [0.15, 0.2) is 5.82 Å². The molecule has 0 unspecified atom stereocenters. The minimum Gasteiger partial charge on any atom is -0.363 e. The van der Waals surface area contributed by atoms with Crippen LogP contribution in [0, 0.1) is 3.57 Å². The number of aromatic nitrogens is 1. The van der Waals surface area contributed by atoms with Crippen molar-refractivity contribution in [3.63, 3.8) is 0 Å². The molecule has 0 aliphatic heterocycles. The smallest absolute Gasteiger partial charge is 0.257 e. The second-order valence-corrected chi connectivity index (χ2v) is 3.98. The highest BCUT2D eigenvalue weighted by Gasteiger charge is 2.10. The van der Waals surface area contributed by atoms with Crippen LogP contribution in [0.1, 0.15) is 10.4 Å². The molecule has 0 saturated heterocycles. The van der Waals surface area contributed by atoms with Gasteiger partial charge in [-0.3, -0.25) is 4.79 Å². The molecule has 1 heterocycles. The maximum Gasteiger partial charge on any atom is 0.257 e. The van der Waals surface area contributed by atoms with Crippen LogP contribution in [0.5, 0.6) is 0 Å². The average molecular weight is 314 g/mol. The lowest BCUT2D eigenvalue weighted by Crippen LogP contribution is -2.13. The summed E-state index contributed by atoms with van der Waals surface area (Å²) in [6, 6.07) is 8.93. The molecule has 1 amide bonds. The molecule has 1 aromatic carbocycles. The first-order valence-corrected chi connectivity index (χ1v) is 5.31. The van der Waals surface area contributed by atoms with Crippen molar-refractivity contribution >= 4 is 34.3 Å². The lowest BCUT2D eigenvalue weighted by molar-refractivity contribution is 0.102. The van der Waals surface area contributed by atoms with E-state index >= 15 is 0 Å². The number of hydrogen-bond donors (Lipinski definition) is 1. The molecule has 1 N–H and O–H groups in total. The predicted molar refractivity (Wildman–Crippen MR) is 63.6 cm³/mol. The third kappa shape index (κ3) is 2.35. The standard InChI is InChI=1S/C10H7IN2O2/c11-8-4-2-1-3-7(8)10(14)12-9-5-6-15-13-9/h1-6H,(H,12,13,14). The van der Waals surface area contributed by atoms with Gasteiger partial charge in [-0.15, -0.1) is 0 Å². The first kappa shape index (κ1) is 10.2. The van der Waals surface area contributed by atoms with Crippen LogP contribution in [0.2, 0.25) is 0 Å². The van der Waals surface area contributed by atoms with Gasteiger partial charge < -0.3 is 9.84 Å². The van der Waals surface area contributed by atoms with Crippen LogP contribution in [-0.2, 0) is 0 Å². The minimum absolute atomic E-state index is 0.186.